The van der Waals surface area contributed by atoms with Crippen LogP contribution in [0.1, 0.15) is 0 Å². The Morgan fingerprint density at radius 3 is 2.31 bits per heavy atom. The number of fused-ring (bicyclic) bond motifs is 4. The molecule has 0 fully saturated rings. The molecule has 1 aliphatic carbocycles. The summed E-state index contributed by atoms with van der Waals surface area (Å²) in [6.07, 6.45) is -1.28. The molecule has 2 aromatic carbocycles. The van der Waals surface area contributed by atoms with Crippen molar-refractivity contribution in [1.29, 1.82) is 0 Å². The summed E-state index contributed by atoms with van der Waals surface area (Å²) < 4.78 is 0. The Morgan fingerprint density at radius 2 is 1.56 bits per heavy atom. The third-order valence-corrected chi connectivity index (χ3v) is 2.79. The number of rotatable bonds is 1. The first kappa shape index (κ1) is 8.97. The minimum atomic E-state index is -1.28. The molecule has 1 aliphatic rings. The Kier molecular flexibility index (Phi) is 1.74. The van der Waals surface area contributed by atoms with Gasteiger partial charge < -0.3 is 0 Å². The van der Waals surface area contributed by atoms with Crippen molar-refractivity contribution in [2.45, 2.75) is 0 Å². The van der Waals surface area contributed by atoms with Gasteiger partial charge >= 0.3 is 6.09 Å². The van der Waals surface area contributed by atoms with E-state index in [-0.39, 0.29) is 0 Å². The van der Waals surface area contributed by atoms with E-state index in [4.69, 9.17) is 0 Å². The van der Waals surface area contributed by atoms with Crippen molar-refractivity contribution in [1.82, 2.24) is 0 Å². The molecule has 3 rings (SSSR count). The first-order valence-electron chi connectivity index (χ1n) is 4.98. The minimum Gasteiger partial charge on any atom is -0.288 e. The smallest absolute Gasteiger partial charge is 0.288 e. The van der Waals surface area contributed by atoms with Gasteiger partial charge in [-0.25, -0.2) is 9.90 Å². The van der Waals surface area contributed by atoms with E-state index in [2.05, 4.69) is 5.32 Å². The standard InChI is InChI=1S/C13H8NO2/c15-13(16)14-11-7-3-6-10-8-4-1-2-5-9(8)12(10)11/h1-7,14H. The minimum absolute atomic E-state index is 0.594. The molecule has 1 N–H and O–H groups in total. The quantitative estimate of drug-likeness (QED) is 0.658. The molecule has 3 heteroatoms. The normalized spacial score (nSPS) is 11.0. The number of anilines is 1. The fraction of sp³-hybridized carbons (Fsp3) is 0. The van der Waals surface area contributed by atoms with Crippen LogP contribution in [0.3, 0.4) is 0 Å². The highest BCUT2D eigenvalue weighted by Crippen LogP contribution is 2.50. The Bertz CT molecular complexity index is 590. The summed E-state index contributed by atoms with van der Waals surface area (Å²) in [6, 6.07) is 13.5. The summed E-state index contributed by atoms with van der Waals surface area (Å²) in [6.45, 7) is 0. The van der Waals surface area contributed by atoms with E-state index in [1.807, 2.05) is 36.4 Å². The monoisotopic (exact) mass is 210 g/mol. The fourth-order valence-corrected chi connectivity index (χ4v) is 2.15. The van der Waals surface area contributed by atoms with Crippen LogP contribution in [-0.4, -0.2) is 6.09 Å². The van der Waals surface area contributed by atoms with Gasteiger partial charge in [0.05, 0.1) is 5.69 Å². The molecule has 2 aromatic rings. The number of carbonyl (C=O) groups is 1. The van der Waals surface area contributed by atoms with Crippen LogP contribution in [0.25, 0.3) is 22.3 Å². The van der Waals surface area contributed by atoms with Crippen LogP contribution in [0.15, 0.2) is 42.5 Å². The first-order valence-corrected chi connectivity index (χ1v) is 4.98. The second-order valence-corrected chi connectivity index (χ2v) is 3.69. The van der Waals surface area contributed by atoms with E-state index >= 15 is 0 Å². The molecule has 16 heavy (non-hydrogen) atoms. The van der Waals surface area contributed by atoms with Gasteiger partial charge in [0.1, 0.15) is 0 Å². The zero-order chi connectivity index (χ0) is 11.1. The molecule has 0 bridgehead atoms. The molecule has 0 aromatic heterocycles. The van der Waals surface area contributed by atoms with E-state index in [1.54, 1.807) is 6.07 Å². The summed E-state index contributed by atoms with van der Waals surface area (Å²) in [5.74, 6) is 0. The van der Waals surface area contributed by atoms with Crippen LogP contribution in [-0.2, 0) is 5.11 Å². The van der Waals surface area contributed by atoms with Crippen molar-refractivity contribution in [3.05, 3.63) is 42.5 Å². The average Bonchev–Trinajstić information content (AvgIpc) is 2.24. The van der Waals surface area contributed by atoms with Gasteiger partial charge in [0.2, 0.25) is 0 Å². The van der Waals surface area contributed by atoms with Crippen LogP contribution < -0.4 is 5.32 Å². The SMILES string of the molecule is [O]C(=O)Nc1cccc2c1-c1ccccc1-2. The van der Waals surface area contributed by atoms with Gasteiger partial charge in [-0.15, -0.1) is 0 Å². The highest BCUT2D eigenvalue weighted by Gasteiger charge is 2.24. The van der Waals surface area contributed by atoms with E-state index in [9.17, 15) is 9.90 Å². The van der Waals surface area contributed by atoms with E-state index in [1.165, 1.54) is 5.56 Å². The highest BCUT2D eigenvalue weighted by atomic mass is 16.4. The lowest BCUT2D eigenvalue weighted by Gasteiger charge is -2.25. The van der Waals surface area contributed by atoms with Gasteiger partial charge in [0.15, 0.2) is 0 Å². The number of hydrogen-bond donors (Lipinski definition) is 1. The lowest BCUT2D eigenvalue weighted by atomic mass is 9.80. The van der Waals surface area contributed by atoms with Crippen LogP contribution in [0.5, 0.6) is 0 Å². The predicted molar refractivity (Wildman–Crippen MR) is 60.6 cm³/mol. The molecule has 0 aliphatic heterocycles. The summed E-state index contributed by atoms with van der Waals surface area (Å²) in [4.78, 5) is 10.5. The lowest BCUT2D eigenvalue weighted by molar-refractivity contribution is 0.185. The zero-order valence-electron chi connectivity index (χ0n) is 8.36. The number of hydrogen-bond acceptors (Lipinski definition) is 1. The maximum atomic E-state index is 10.5. The summed E-state index contributed by atoms with van der Waals surface area (Å²) in [5.41, 5.74) is 4.89. The van der Waals surface area contributed by atoms with Crippen molar-refractivity contribution >= 4 is 11.8 Å². The molecule has 3 nitrogen and oxygen atoms in total. The predicted octanol–water partition coefficient (Wildman–Crippen LogP) is 3.30. The van der Waals surface area contributed by atoms with E-state index < -0.39 is 6.09 Å². The second-order valence-electron chi connectivity index (χ2n) is 3.69. The second kappa shape index (κ2) is 3.10. The maximum absolute atomic E-state index is 10.5. The molecular weight excluding hydrogens is 202 g/mol. The molecule has 0 spiro atoms. The van der Waals surface area contributed by atoms with E-state index in [0.29, 0.717) is 5.69 Å². The Hall–Kier alpha value is -2.29. The van der Waals surface area contributed by atoms with Crippen molar-refractivity contribution in [3.63, 3.8) is 0 Å². The lowest BCUT2D eigenvalue weighted by Crippen LogP contribution is -2.10. The first-order chi connectivity index (χ1) is 7.77. The third kappa shape index (κ3) is 1.11. The van der Waals surface area contributed by atoms with Gasteiger partial charge in [0.25, 0.3) is 0 Å². The maximum Gasteiger partial charge on any atom is 0.454 e. The molecule has 0 heterocycles. The Labute approximate surface area is 92.4 Å². The number of benzene rings is 2. The van der Waals surface area contributed by atoms with Crippen molar-refractivity contribution in [3.8, 4) is 22.3 Å². The third-order valence-electron chi connectivity index (χ3n) is 2.79. The highest BCUT2D eigenvalue weighted by molar-refractivity contribution is 6.09. The number of amides is 1. The average molecular weight is 210 g/mol. The molecule has 0 saturated carbocycles. The van der Waals surface area contributed by atoms with Crippen molar-refractivity contribution < 1.29 is 9.90 Å². The van der Waals surface area contributed by atoms with Gasteiger partial charge in [-0.1, -0.05) is 36.4 Å². The van der Waals surface area contributed by atoms with Crippen LogP contribution in [0.2, 0.25) is 0 Å². The summed E-state index contributed by atoms with van der Waals surface area (Å²) >= 11 is 0. The molecule has 0 unspecified atom stereocenters. The summed E-state index contributed by atoms with van der Waals surface area (Å²) in [5, 5.41) is 12.9. The fourth-order valence-electron chi connectivity index (χ4n) is 2.15. The number of nitrogens with one attached hydrogen (secondary N) is 1. The van der Waals surface area contributed by atoms with Gasteiger partial charge in [-0.2, -0.15) is 0 Å². The van der Waals surface area contributed by atoms with Crippen LogP contribution >= 0.6 is 0 Å². The zero-order valence-corrected chi connectivity index (χ0v) is 8.36. The van der Waals surface area contributed by atoms with E-state index in [0.717, 1.165) is 16.7 Å². The summed E-state index contributed by atoms with van der Waals surface area (Å²) in [7, 11) is 0. The topological polar surface area (TPSA) is 49.0 Å². The Balaban J connectivity index is 2.14. The largest absolute Gasteiger partial charge is 0.454 e. The van der Waals surface area contributed by atoms with Gasteiger partial charge in [0, 0.05) is 5.56 Å². The molecule has 1 radical (unpaired) electrons. The van der Waals surface area contributed by atoms with Crippen LogP contribution in [0, 0.1) is 0 Å². The van der Waals surface area contributed by atoms with Crippen molar-refractivity contribution in [2.24, 2.45) is 0 Å². The van der Waals surface area contributed by atoms with Gasteiger partial charge in [-0.05, 0) is 22.8 Å². The molecule has 0 atom stereocenters. The molecule has 0 saturated heterocycles. The van der Waals surface area contributed by atoms with Gasteiger partial charge in [-0.3, -0.25) is 5.32 Å². The molecule has 77 valence electrons. The van der Waals surface area contributed by atoms with Crippen molar-refractivity contribution in [2.75, 3.05) is 5.32 Å². The Morgan fingerprint density at radius 1 is 0.875 bits per heavy atom. The van der Waals surface area contributed by atoms with Crippen LogP contribution in [0.4, 0.5) is 10.5 Å². The molecule has 1 amide bonds. The number of carbonyl (C=O) groups excluding carboxylic acids is 1. The molecular formula is C13H8NO2.